The molecule has 2 aromatic rings. The van der Waals surface area contributed by atoms with Gasteiger partial charge in [-0.1, -0.05) is 0 Å². The predicted molar refractivity (Wildman–Crippen MR) is 70.2 cm³/mol. The molecule has 1 N–H and O–H groups in total. The fourth-order valence-electron chi connectivity index (χ4n) is 1.69. The van der Waals surface area contributed by atoms with E-state index in [1.54, 1.807) is 32.4 Å². The van der Waals surface area contributed by atoms with Gasteiger partial charge in [0.2, 0.25) is 5.89 Å². The van der Waals surface area contributed by atoms with Crippen molar-refractivity contribution in [2.45, 2.75) is 13.5 Å². The Bertz CT molecular complexity index is 540. The smallest absolute Gasteiger partial charge is 0.208 e. The first-order chi connectivity index (χ1) is 9.20. The van der Waals surface area contributed by atoms with E-state index in [0.717, 1.165) is 12.1 Å². The molecule has 0 aliphatic rings. The summed E-state index contributed by atoms with van der Waals surface area (Å²) in [7, 11) is 1.65. The third-order valence-corrected chi connectivity index (χ3v) is 2.76. The van der Waals surface area contributed by atoms with Crippen molar-refractivity contribution in [3.63, 3.8) is 0 Å². The maximum absolute atomic E-state index is 13.2. The standard InChI is InChI=1S/C14H17FN2O2/c1-10-7-11(3-4-12(10)15)13-8-17-14(19-13)9-16-5-6-18-2/h3-4,7-8,16H,5-6,9H2,1-2H3. The Kier molecular flexibility index (Phi) is 4.65. The summed E-state index contributed by atoms with van der Waals surface area (Å²) in [6, 6.07) is 4.87. The lowest BCUT2D eigenvalue weighted by molar-refractivity contribution is 0.198. The van der Waals surface area contributed by atoms with Crippen LogP contribution in [-0.2, 0) is 11.3 Å². The van der Waals surface area contributed by atoms with Crippen molar-refractivity contribution in [3.05, 3.63) is 41.7 Å². The molecule has 0 bridgehead atoms. The molecule has 0 atom stereocenters. The largest absolute Gasteiger partial charge is 0.439 e. The lowest BCUT2D eigenvalue weighted by Crippen LogP contribution is -2.18. The first kappa shape index (κ1) is 13.7. The van der Waals surface area contributed by atoms with E-state index >= 15 is 0 Å². The minimum atomic E-state index is -0.218. The van der Waals surface area contributed by atoms with Crippen LogP contribution in [0.5, 0.6) is 0 Å². The van der Waals surface area contributed by atoms with E-state index < -0.39 is 0 Å². The van der Waals surface area contributed by atoms with Crippen LogP contribution in [0.15, 0.2) is 28.8 Å². The summed E-state index contributed by atoms with van der Waals surface area (Å²) < 4.78 is 23.7. The van der Waals surface area contributed by atoms with Crippen molar-refractivity contribution < 1.29 is 13.5 Å². The average Bonchev–Trinajstić information content (AvgIpc) is 2.87. The summed E-state index contributed by atoms with van der Waals surface area (Å²) in [6.07, 6.45) is 1.65. The fourth-order valence-corrected chi connectivity index (χ4v) is 1.69. The van der Waals surface area contributed by atoms with Crippen molar-refractivity contribution in [1.82, 2.24) is 10.3 Å². The highest BCUT2D eigenvalue weighted by molar-refractivity contribution is 5.57. The topological polar surface area (TPSA) is 47.3 Å². The summed E-state index contributed by atoms with van der Waals surface area (Å²) in [5, 5.41) is 3.15. The third kappa shape index (κ3) is 3.62. The van der Waals surface area contributed by atoms with Crippen LogP contribution in [0.25, 0.3) is 11.3 Å². The number of hydrogen-bond acceptors (Lipinski definition) is 4. The molecule has 1 heterocycles. The molecular formula is C14H17FN2O2. The van der Waals surface area contributed by atoms with Gasteiger partial charge >= 0.3 is 0 Å². The van der Waals surface area contributed by atoms with Gasteiger partial charge < -0.3 is 14.5 Å². The highest BCUT2D eigenvalue weighted by Gasteiger charge is 2.07. The summed E-state index contributed by atoms with van der Waals surface area (Å²) in [4.78, 5) is 4.18. The van der Waals surface area contributed by atoms with E-state index in [2.05, 4.69) is 10.3 Å². The van der Waals surface area contributed by atoms with Crippen molar-refractivity contribution in [2.75, 3.05) is 20.3 Å². The molecule has 0 fully saturated rings. The van der Waals surface area contributed by atoms with Crippen molar-refractivity contribution in [2.24, 2.45) is 0 Å². The Labute approximate surface area is 111 Å². The van der Waals surface area contributed by atoms with Gasteiger partial charge in [-0.25, -0.2) is 9.37 Å². The fraction of sp³-hybridized carbons (Fsp3) is 0.357. The Morgan fingerprint density at radius 1 is 1.42 bits per heavy atom. The molecule has 19 heavy (non-hydrogen) atoms. The number of hydrogen-bond donors (Lipinski definition) is 1. The molecule has 0 saturated heterocycles. The monoisotopic (exact) mass is 264 g/mol. The van der Waals surface area contributed by atoms with Crippen LogP contribution < -0.4 is 5.32 Å². The number of oxazole rings is 1. The molecule has 2 rings (SSSR count). The van der Waals surface area contributed by atoms with E-state index in [0.29, 0.717) is 30.4 Å². The minimum absolute atomic E-state index is 0.218. The number of ether oxygens (including phenoxy) is 1. The average molecular weight is 264 g/mol. The first-order valence-corrected chi connectivity index (χ1v) is 6.11. The molecule has 0 unspecified atom stereocenters. The second-order valence-corrected chi connectivity index (χ2v) is 4.25. The zero-order valence-corrected chi connectivity index (χ0v) is 11.1. The second kappa shape index (κ2) is 6.45. The Balaban J connectivity index is 2.01. The molecular weight excluding hydrogens is 247 g/mol. The van der Waals surface area contributed by atoms with Gasteiger partial charge in [-0.05, 0) is 30.7 Å². The van der Waals surface area contributed by atoms with Crippen molar-refractivity contribution >= 4 is 0 Å². The van der Waals surface area contributed by atoms with Crippen LogP contribution in [0.3, 0.4) is 0 Å². The van der Waals surface area contributed by atoms with E-state index in [-0.39, 0.29) is 5.82 Å². The molecule has 5 heteroatoms. The quantitative estimate of drug-likeness (QED) is 0.814. The number of halogens is 1. The van der Waals surface area contributed by atoms with E-state index in [9.17, 15) is 4.39 Å². The normalized spacial score (nSPS) is 10.9. The molecule has 0 saturated carbocycles. The molecule has 0 amide bonds. The number of aromatic nitrogens is 1. The first-order valence-electron chi connectivity index (χ1n) is 6.11. The summed E-state index contributed by atoms with van der Waals surface area (Å²) >= 11 is 0. The molecule has 102 valence electrons. The number of rotatable bonds is 6. The van der Waals surface area contributed by atoms with Gasteiger partial charge in [-0.3, -0.25) is 0 Å². The van der Waals surface area contributed by atoms with Gasteiger partial charge in [0.15, 0.2) is 5.76 Å². The highest BCUT2D eigenvalue weighted by atomic mass is 19.1. The van der Waals surface area contributed by atoms with E-state index in [4.69, 9.17) is 9.15 Å². The number of methoxy groups -OCH3 is 1. The van der Waals surface area contributed by atoms with Crippen LogP contribution in [-0.4, -0.2) is 25.2 Å². The lowest BCUT2D eigenvalue weighted by Gasteiger charge is -2.01. The van der Waals surface area contributed by atoms with Crippen molar-refractivity contribution in [1.29, 1.82) is 0 Å². The van der Waals surface area contributed by atoms with Gasteiger partial charge in [-0.15, -0.1) is 0 Å². The van der Waals surface area contributed by atoms with Crippen LogP contribution >= 0.6 is 0 Å². The summed E-state index contributed by atoms with van der Waals surface area (Å²) in [5.41, 5.74) is 1.42. The minimum Gasteiger partial charge on any atom is -0.439 e. The molecule has 0 aliphatic heterocycles. The molecule has 0 aliphatic carbocycles. The van der Waals surface area contributed by atoms with E-state index in [1.165, 1.54) is 6.07 Å². The molecule has 1 aromatic heterocycles. The van der Waals surface area contributed by atoms with Crippen LogP contribution in [0, 0.1) is 12.7 Å². The number of nitrogens with zero attached hydrogens (tertiary/aromatic N) is 1. The van der Waals surface area contributed by atoms with Crippen LogP contribution in [0.2, 0.25) is 0 Å². The van der Waals surface area contributed by atoms with Gasteiger partial charge in [0.25, 0.3) is 0 Å². The predicted octanol–water partition coefficient (Wildman–Crippen LogP) is 2.53. The van der Waals surface area contributed by atoms with Gasteiger partial charge in [0.05, 0.1) is 19.3 Å². The van der Waals surface area contributed by atoms with E-state index in [1.807, 2.05) is 0 Å². The number of benzene rings is 1. The lowest BCUT2D eigenvalue weighted by atomic mass is 10.1. The maximum atomic E-state index is 13.2. The molecule has 1 aromatic carbocycles. The summed E-state index contributed by atoms with van der Waals surface area (Å²) in [6.45, 7) is 3.65. The van der Waals surface area contributed by atoms with Crippen LogP contribution in [0.1, 0.15) is 11.5 Å². The van der Waals surface area contributed by atoms with Crippen LogP contribution in [0.4, 0.5) is 4.39 Å². The maximum Gasteiger partial charge on any atom is 0.208 e. The SMILES string of the molecule is COCCNCc1ncc(-c2ccc(F)c(C)c2)o1. The Morgan fingerprint density at radius 2 is 2.26 bits per heavy atom. The Hall–Kier alpha value is -1.72. The summed E-state index contributed by atoms with van der Waals surface area (Å²) in [5.74, 6) is 1.03. The third-order valence-electron chi connectivity index (χ3n) is 2.76. The zero-order valence-electron chi connectivity index (χ0n) is 11.1. The molecule has 0 radical (unpaired) electrons. The Morgan fingerprint density at radius 3 is 3.00 bits per heavy atom. The number of aryl methyl sites for hydroxylation is 1. The molecule has 0 spiro atoms. The van der Waals surface area contributed by atoms with Gasteiger partial charge in [0, 0.05) is 19.2 Å². The van der Waals surface area contributed by atoms with Gasteiger partial charge in [0.1, 0.15) is 5.82 Å². The van der Waals surface area contributed by atoms with Crippen molar-refractivity contribution in [3.8, 4) is 11.3 Å². The number of nitrogens with one attached hydrogen (secondary N) is 1. The highest BCUT2D eigenvalue weighted by Crippen LogP contribution is 2.22. The van der Waals surface area contributed by atoms with Gasteiger partial charge in [-0.2, -0.15) is 0 Å². The second-order valence-electron chi connectivity index (χ2n) is 4.25. The zero-order chi connectivity index (χ0) is 13.7. The molecule has 4 nitrogen and oxygen atoms in total.